The molecule has 2 heterocycles. The van der Waals surface area contributed by atoms with Crippen LogP contribution in [0.5, 0.6) is 0 Å². The smallest absolute Gasteiger partial charge is 0.193 e. The van der Waals surface area contributed by atoms with E-state index in [1.54, 1.807) is 0 Å². The van der Waals surface area contributed by atoms with Crippen molar-refractivity contribution in [3.05, 3.63) is 58.2 Å². The predicted octanol–water partition coefficient (Wildman–Crippen LogP) is 3.51. The van der Waals surface area contributed by atoms with Crippen molar-refractivity contribution in [3.63, 3.8) is 0 Å². The van der Waals surface area contributed by atoms with E-state index in [0.717, 1.165) is 54.7 Å². The summed E-state index contributed by atoms with van der Waals surface area (Å²) in [7, 11) is 3.86. The van der Waals surface area contributed by atoms with Crippen LogP contribution in [-0.2, 0) is 17.8 Å². The first-order valence-corrected chi connectivity index (χ1v) is 9.89. The van der Waals surface area contributed by atoms with Crippen LogP contribution in [0.3, 0.4) is 0 Å². The number of nitrogens with zero attached hydrogens (tertiary/aromatic N) is 4. The van der Waals surface area contributed by atoms with Gasteiger partial charge in [0.1, 0.15) is 5.82 Å². The van der Waals surface area contributed by atoms with E-state index in [2.05, 4.69) is 71.4 Å². The summed E-state index contributed by atoms with van der Waals surface area (Å²) in [5.74, 6) is 1.88. The second-order valence-electron chi connectivity index (χ2n) is 6.47. The third-order valence-corrected chi connectivity index (χ3v) is 5.05. The summed E-state index contributed by atoms with van der Waals surface area (Å²) in [4.78, 5) is 13.4. The number of rotatable bonds is 5. The quantitative estimate of drug-likeness (QED) is 0.345. The molecule has 0 saturated carbocycles. The van der Waals surface area contributed by atoms with E-state index >= 15 is 0 Å². The molecule has 0 amide bonds. The topological polar surface area (TPSA) is 53.0 Å². The number of hydrogen-bond donors (Lipinski definition) is 1. The third-order valence-electron chi connectivity index (χ3n) is 4.52. The highest BCUT2D eigenvalue weighted by Gasteiger charge is 2.16. The van der Waals surface area contributed by atoms with Gasteiger partial charge < -0.3 is 19.9 Å². The van der Waals surface area contributed by atoms with E-state index in [1.807, 2.05) is 26.4 Å². The SMILES string of the molecule is CN=C(NCc1cccnc1N1CCOCC1)N(C)Cc1ccc(Br)cc1.I. The summed E-state index contributed by atoms with van der Waals surface area (Å²) in [6.07, 6.45) is 1.85. The van der Waals surface area contributed by atoms with Crippen molar-refractivity contribution in [2.24, 2.45) is 4.99 Å². The number of halogens is 2. The molecular weight excluding hydrogens is 533 g/mol. The zero-order valence-corrected chi connectivity index (χ0v) is 20.2. The molecule has 1 aromatic carbocycles. The van der Waals surface area contributed by atoms with E-state index in [-0.39, 0.29) is 24.0 Å². The summed E-state index contributed by atoms with van der Waals surface area (Å²) >= 11 is 3.48. The van der Waals surface area contributed by atoms with Gasteiger partial charge in [-0.15, -0.1) is 24.0 Å². The van der Waals surface area contributed by atoms with Gasteiger partial charge in [0.2, 0.25) is 0 Å². The van der Waals surface area contributed by atoms with Crippen LogP contribution in [0, 0.1) is 0 Å². The number of aromatic nitrogens is 1. The molecule has 1 N–H and O–H groups in total. The molecule has 1 aliphatic rings. The molecule has 3 rings (SSSR count). The largest absolute Gasteiger partial charge is 0.378 e. The number of benzene rings is 1. The van der Waals surface area contributed by atoms with Crippen molar-refractivity contribution in [2.75, 3.05) is 45.3 Å². The first kappa shape index (κ1) is 22.9. The Morgan fingerprint density at radius 2 is 1.96 bits per heavy atom. The van der Waals surface area contributed by atoms with Crippen LogP contribution >= 0.6 is 39.9 Å². The number of nitrogens with one attached hydrogen (secondary N) is 1. The van der Waals surface area contributed by atoms with E-state index in [1.165, 1.54) is 5.56 Å². The minimum atomic E-state index is 0. The molecule has 8 heteroatoms. The Labute approximate surface area is 192 Å². The monoisotopic (exact) mass is 559 g/mol. The number of ether oxygens (including phenoxy) is 1. The zero-order chi connectivity index (χ0) is 19.1. The van der Waals surface area contributed by atoms with Gasteiger partial charge in [-0.2, -0.15) is 0 Å². The second-order valence-corrected chi connectivity index (χ2v) is 7.38. The fourth-order valence-electron chi connectivity index (χ4n) is 3.13. The van der Waals surface area contributed by atoms with Crippen LogP contribution in [0.4, 0.5) is 5.82 Å². The molecule has 2 aromatic rings. The summed E-state index contributed by atoms with van der Waals surface area (Å²) in [5.41, 5.74) is 2.40. The summed E-state index contributed by atoms with van der Waals surface area (Å²) in [6.45, 7) is 4.72. The van der Waals surface area contributed by atoms with Gasteiger partial charge in [0.25, 0.3) is 0 Å². The average molecular weight is 560 g/mol. The molecule has 6 nitrogen and oxygen atoms in total. The van der Waals surface area contributed by atoms with Gasteiger partial charge in [-0.3, -0.25) is 4.99 Å². The summed E-state index contributed by atoms with van der Waals surface area (Å²) in [6, 6.07) is 12.5. The number of anilines is 1. The van der Waals surface area contributed by atoms with Gasteiger partial charge in [-0.05, 0) is 23.8 Å². The molecular formula is C20H27BrIN5O. The molecule has 0 bridgehead atoms. The van der Waals surface area contributed by atoms with Gasteiger partial charge >= 0.3 is 0 Å². The molecule has 152 valence electrons. The van der Waals surface area contributed by atoms with Crippen LogP contribution in [0.15, 0.2) is 52.1 Å². The third kappa shape index (κ3) is 6.31. The van der Waals surface area contributed by atoms with Crippen LogP contribution < -0.4 is 10.2 Å². The Morgan fingerprint density at radius 1 is 1.25 bits per heavy atom. The summed E-state index contributed by atoms with van der Waals surface area (Å²) < 4.78 is 6.54. The number of guanidine groups is 1. The number of aliphatic imine (C=N–C) groups is 1. The molecule has 1 saturated heterocycles. The molecule has 1 aromatic heterocycles. The highest BCUT2D eigenvalue weighted by atomic mass is 127. The molecule has 0 radical (unpaired) electrons. The number of hydrogen-bond acceptors (Lipinski definition) is 4. The van der Waals surface area contributed by atoms with Crippen molar-refractivity contribution in [2.45, 2.75) is 13.1 Å². The van der Waals surface area contributed by atoms with E-state index in [9.17, 15) is 0 Å². The lowest BCUT2D eigenvalue weighted by Crippen LogP contribution is -2.40. The van der Waals surface area contributed by atoms with E-state index in [0.29, 0.717) is 6.54 Å². The van der Waals surface area contributed by atoms with E-state index in [4.69, 9.17) is 4.74 Å². The Hall–Kier alpha value is -1.39. The molecule has 28 heavy (non-hydrogen) atoms. The Bertz CT molecular complexity index is 765. The molecule has 0 unspecified atom stereocenters. The predicted molar refractivity (Wildman–Crippen MR) is 128 cm³/mol. The van der Waals surface area contributed by atoms with Gasteiger partial charge in [0, 0.05) is 56.5 Å². The second kappa shape index (κ2) is 11.6. The fourth-order valence-corrected chi connectivity index (χ4v) is 3.39. The normalized spacial score (nSPS) is 14.4. The molecule has 1 fully saturated rings. The van der Waals surface area contributed by atoms with Crippen molar-refractivity contribution < 1.29 is 4.74 Å². The van der Waals surface area contributed by atoms with Crippen molar-refractivity contribution >= 4 is 51.7 Å². The lowest BCUT2D eigenvalue weighted by atomic mass is 10.2. The van der Waals surface area contributed by atoms with Gasteiger partial charge in [-0.1, -0.05) is 34.1 Å². The molecule has 1 aliphatic heterocycles. The molecule has 0 aliphatic carbocycles. The highest BCUT2D eigenvalue weighted by Crippen LogP contribution is 2.18. The maximum atomic E-state index is 5.46. The highest BCUT2D eigenvalue weighted by molar-refractivity contribution is 14.0. The lowest BCUT2D eigenvalue weighted by Gasteiger charge is -2.30. The van der Waals surface area contributed by atoms with Gasteiger partial charge in [-0.25, -0.2) is 4.98 Å². The van der Waals surface area contributed by atoms with Crippen LogP contribution in [0.2, 0.25) is 0 Å². The van der Waals surface area contributed by atoms with Crippen molar-refractivity contribution in [3.8, 4) is 0 Å². The Balaban J connectivity index is 0.00000280. The lowest BCUT2D eigenvalue weighted by molar-refractivity contribution is 0.122. The number of morpholine rings is 1. The average Bonchev–Trinajstić information content (AvgIpc) is 2.71. The van der Waals surface area contributed by atoms with Gasteiger partial charge in [0.05, 0.1) is 13.2 Å². The first-order valence-electron chi connectivity index (χ1n) is 9.10. The minimum Gasteiger partial charge on any atom is -0.378 e. The zero-order valence-electron chi connectivity index (χ0n) is 16.3. The maximum Gasteiger partial charge on any atom is 0.193 e. The van der Waals surface area contributed by atoms with E-state index < -0.39 is 0 Å². The maximum absolute atomic E-state index is 5.46. The summed E-state index contributed by atoms with van der Waals surface area (Å²) in [5, 5.41) is 3.47. The van der Waals surface area contributed by atoms with Crippen LogP contribution in [0.1, 0.15) is 11.1 Å². The van der Waals surface area contributed by atoms with Crippen molar-refractivity contribution in [1.82, 2.24) is 15.2 Å². The van der Waals surface area contributed by atoms with Crippen molar-refractivity contribution in [1.29, 1.82) is 0 Å². The Morgan fingerprint density at radius 3 is 2.64 bits per heavy atom. The minimum absolute atomic E-state index is 0. The molecule has 0 spiro atoms. The first-order chi connectivity index (χ1) is 13.2. The molecule has 0 atom stereocenters. The van der Waals surface area contributed by atoms with Crippen LogP contribution in [-0.4, -0.2) is 56.2 Å². The fraction of sp³-hybridized carbons (Fsp3) is 0.400. The number of pyridine rings is 1. The standard InChI is InChI=1S/C20H26BrN5O.HI/c1-22-20(25(2)15-16-5-7-18(21)8-6-16)24-14-17-4-3-9-23-19(17)26-10-12-27-13-11-26;/h3-9H,10-15H2,1-2H3,(H,22,24);1H. The van der Waals surface area contributed by atoms with Gasteiger partial charge in [0.15, 0.2) is 5.96 Å². The van der Waals surface area contributed by atoms with Crippen LogP contribution in [0.25, 0.3) is 0 Å². The Kier molecular flexibility index (Phi) is 9.46.